The largest absolute Gasteiger partial charge is 0.299 e. The fourth-order valence-electron chi connectivity index (χ4n) is 1.77. The van der Waals surface area contributed by atoms with Crippen LogP contribution in [-0.4, -0.2) is 10.7 Å². The minimum absolute atomic E-state index is 0.0349. The summed E-state index contributed by atoms with van der Waals surface area (Å²) in [6.07, 6.45) is 0.612. The van der Waals surface area contributed by atoms with Crippen molar-refractivity contribution in [1.82, 2.24) is 0 Å². The smallest absolute Gasteiger partial charge is 0.273 e. The van der Waals surface area contributed by atoms with Gasteiger partial charge in [0.15, 0.2) is 0 Å². The van der Waals surface area contributed by atoms with Gasteiger partial charge in [0.2, 0.25) is 0 Å². The summed E-state index contributed by atoms with van der Waals surface area (Å²) >= 11 is 0. The van der Waals surface area contributed by atoms with Gasteiger partial charge in [0.1, 0.15) is 5.78 Å². The van der Waals surface area contributed by atoms with E-state index in [0.717, 1.165) is 5.56 Å². The molecule has 1 aromatic carbocycles. The quantitative estimate of drug-likeness (QED) is 0.582. The van der Waals surface area contributed by atoms with Crippen molar-refractivity contribution in [3.8, 4) is 0 Å². The molecule has 0 fully saturated rings. The van der Waals surface area contributed by atoms with Gasteiger partial charge >= 0.3 is 0 Å². The van der Waals surface area contributed by atoms with Crippen LogP contribution >= 0.6 is 0 Å². The number of benzene rings is 1. The number of nitro benzene ring substituents is 1. The summed E-state index contributed by atoms with van der Waals surface area (Å²) in [5, 5.41) is 10.8. The van der Waals surface area contributed by atoms with Gasteiger partial charge in [-0.25, -0.2) is 0 Å². The summed E-state index contributed by atoms with van der Waals surface area (Å²) in [6.45, 7) is 5.78. The molecule has 0 aliphatic heterocycles. The van der Waals surface area contributed by atoms with Crippen LogP contribution in [0.1, 0.15) is 31.4 Å². The summed E-state index contributed by atoms with van der Waals surface area (Å²) in [7, 11) is 0. The van der Waals surface area contributed by atoms with Crippen LogP contribution in [0.15, 0.2) is 18.2 Å². The lowest BCUT2D eigenvalue weighted by molar-refractivity contribution is -0.385. The maximum Gasteiger partial charge on any atom is 0.273 e. The van der Waals surface area contributed by atoms with Crippen LogP contribution in [0.2, 0.25) is 0 Å². The maximum atomic E-state index is 11.7. The van der Waals surface area contributed by atoms with Crippen LogP contribution in [0.4, 0.5) is 5.69 Å². The number of hydrogen-bond donors (Lipinski definition) is 0. The monoisotopic (exact) mass is 235 g/mol. The van der Waals surface area contributed by atoms with E-state index < -0.39 is 4.92 Å². The topological polar surface area (TPSA) is 60.2 Å². The number of hydrogen-bond acceptors (Lipinski definition) is 3. The lowest BCUT2D eigenvalue weighted by Crippen LogP contribution is -2.08. The molecule has 0 bridgehead atoms. The van der Waals surface area contributed by atoms with E-state index in [-0.39, 0.29) is 23.8 Å². The van der Waals surface area contributed by atoms with Crippen molar-refractivity contribution in [2.24, 2.45) is 5.92 Å². The molecule has 0 aliphatic carbocycles. The minimum Gasteiger partial charge on any atom is -0.299 e. The molecule has 0 aromatic heterocycles. The van der Waals surface area contributed by atoms with Crippen molar-refractivity contribution in [2.45, 2.75) is 33.6 Å². The van der Waals surface area contributed by atoms with E-state index in [0.29, 0.717) is 12.0 Å². The number of rotatable bonds is 5. The number of Topliss-reactive ketones (excluding diaryl/α,β-unsaturated/α-hetero) is 1. The van der Waals surface area contributed by atoms with Gasteiger partial charge in [0.05, 0.1) is 4.92 Å². The molecule has 0 saturated carbocycles. The molecule has 4 nitrogen and oxygen atoms in total. The predicted molar refractivity (Wildman–Crippen MR) is 66.0 cm³/mol. The fraction of sp³-hybridized carbons (Fsp3) is 0.462. The summed E-state index contributed by atoms with van der Waals surface area (Å²) in [4.78, 5) is 22.1. The third kappa shape index (κ3) is 3.98. The van der Waals surface area contributed by atoms with Gasteiger partial charge in [-0.05, 0) is 18.9 Å². The molecule has 0 amide bonds. The standard InChI is InChI=1S/C13H17NO3/c1-9(2)6-12(15)8-11-7-10(3)4-5-13(11)14(16)17/h4-5,7,9H,6,8H2,1-3H3. The Hall–Kier alpha value is -1.71. The second-order valence-corrected chi connectivity index (χ2v) is 4.70. The molecule has 0 spiro atoms. The van der Waals surface area contributed by atoms with Crippen LogP contribution in [0, 0.1) is 23.0 Å². The number of ketones is 1. The Morgan fingerprint density at radius 1 is 1.41 bits per heavy atom. The zero-order valence-corrected chi connectivity index (χ0v) is 10.4. The van der Waals surface area contributed by atoms with E-state index in [4.69, 9.17) is 0 Å². The van der Waals surface area contributed by atoms with Gasteiger partial charge in [-0.2, -0.15) is 0 Å². The molecule has 0 saturated heterocycles. The van der Waals surface area contributed by atoms with E-state index in [1.165, 1.54) is 6.07 Å². The van der Waals surface area contributed by atoms with E-state index >= 15 is 0 Å². The van der Waals surface area contributed by atoms with Crippen molar-refractivity contribution in [2.75, 3.05) is 0 Å². The van der Waals surface area contributed by atoms with Gasteiger partial charge in [-0.1, -0.05) is 25.5 Å². The van der Waals surface area contributed by atoms with Crippen LogP contribution in [0.3, 0.4) is 0 Å². The summed E-state index contributed by atoms with van der Waals surface area (Å²) < 4.78 is 0. The second-order valence-electron chi connectivity index (χ2n) is 4.70. The first kappa shape index (κ1) is 13.4. The average molecular weight is 235 g/mol. The van der Waals surface area contributed by atoms with Crippen LogP contribution in [0.25, 0.3) is 0 Å². The first-order valence-electron chi connectivity index (χ1n) is 5.65. The highest BCUT2D eigenvalue weighted by molar-refractivity contribution is 5.82. The van der Waals surface area contributed by atoms with Crippen LogP contribution in [0.5, 0.6) is 0 Å². The van der Waals surface area contributed by atoms with E-state index in [1.807, 2.05) is 20.8 Å². The zero-order chi connectivity index (χ0) is 13.0. The lowest BCUT2D eigenvalue weighted by Gasteiger charge is -2.05. The number of carbonyl (C=O) groups excluding carboxylic acids is 1. The molecule has 1 aromatic rings. The van der Waals surface area contributed by atoms with Crippen LogP contribution < -0.4 is 0 Å². The Labute approximate surface area is 101 Å². The lowest BCUT2D eigenvalue weighted by atomic mass is 9.99. The highest BCUT2D eigenvalue weighted by atomic mass is 16.6. The molecule has 0 heterocycles. The first-order valence-corrected chi connectivity index (χ1v) is 5.65. The molecule has 4 heteroatoms. The molecule has 0 aliphatic rings. The molecule has 0 N–H and O–H groups in total. The third-order valence-corrected chi connectivity index (χ3v) is 2.46. The van der Waals surface area contributed by atoms with Crippen molar-refractivity contribution < 1.29 is 9.72 Å². The third-order valence-electron chi connectivity index (χ3n) is 2.46. The van der Waals surface area contributed by atoms with E-state index in [2.05, 4.69) is 0 Å². The molecule has 0 unspecified atom stereocenters. The molecule has 0 radical (unpaired) electrons. The summed E-state index contributed by atoms with van der Waals surface area (Å²) in [5.41, 5.74) is 1.48. The predicted octanol–water partition coefficient (Wildman–Crippen LogP) is 3.06. The number of carbonyl (C=O) groups is 1. The molecular formula is C13H17NO3. The molecular weight excluding hydrogens is 218 g/mol. The SMILES string of the molecule is Cc1ccc([N+](=O)[O-])c(CC(=O)CC(C)C)c1. The molecule has 92 valence electrons. The Bertz CT molecular complexity index is 438. The molecule has 1 rings (SSSR count). The Kier molecular flexibility index (Phi) is 4.37. The number of nitro groups is 1. The van der Waals surface area contributed by atoms with Gasteiger partial charge in [0.25, 0.3) is 5.69 Å². The fourth-order valence-corrected chi connectivity index (χ4v) is 1.77. The van der Waals surface area contributed by atoms with Gasteiger partial charge in [-0.15, -0.1) is 0 Å². The normalized spacial score (nSPS) is 10.6. The Balaban J connectivity index is 2.92. The Morgan fingerprint density at radius 3 is 2.59 bits per heavy atom. The molecule has 0 atom stereocenters. The Morgan fingerprint density at radius 2 is 2.06 bits per heavy atom. The summed E-state index contributed by atoms with van der Waals surface area (Å²) in [6, 6.07) is 4.87. The van der Waals surface area contributed by atoms with Crippen molar-refractivity contribution in [1.29, 1.82) is 0 Å². The van der Waals surface area contributed by atoms with Crippen molar-refractivity contribution in [3.63, 3.8) is 0 Å². The van der Waals surface area contributed by atoms with Crippen molar-refractivity contribution >= 4 is 11.5 Å². The van der Waals surface area contributed by atoms with Gasteiger partial charge < -0.3 is 0 Å². The zero-order valence-electron chi connectivity index (χ0n) is 10.4. The number of aryl methyl sites for hydroxylation is 1. The highest BCUT2D eigenvalue weighted by Crippen LogP contribution is 2.21. The minimum atomic E-state index is -0.433. The summed E-state index contributed by atoms with van der Waals surface area (Å²) in [5.74, 6) is 0.333. The molecule has 17 heavy (non-hydrogen) atoms. The first-order chi connectivity index (χ1) is 7.90. The maximum absolute atomic E-state index is 11.7. The van der Waals surface area contributed by atoms with Crippen molar-refractivity contribution in [3.05, 3.63) is 39.4 Å². The number of nitrogens with zero attached hydrogens (tertiary/aromatic N) is 1. The average Bonchev–Trinajstić information content (AvgIpc) is 2.15. The van der Waals surface area contributed by atoms with Gasteiger partial charge in [-0.3, -0.25) is 14.9 Å². The van der Waals surface area contributed by atoms with Crippen LogP contribution in [-0.2, 0) is 11.2 Å². The second kappa shape index (κ2) is 5.57. The van der Waals surface area contributed by atoms with E-state index in [9.17, 15) is 14.9 Å². The van der Waals surface area contributed by atoms with E-state index in [1.54, 1.807) is 12.1 Å². The highest BCUT2D eigenvalue weighted by Gasteiger charge is 2.16. The van der Waals surface area contributed by atoms with Gasteiger partial charge in [0, 0.05) is 24.5 Å².